The van der Waals surface area contributed by atoms with Crippen LogP contribution in [-0.2, 0) is 0 Å². The van der Waals surface area contributed by atoms with Crippen molar-refractivity contribution in [2.75, 3.05) is 6.54 Å². The molecule has 0 aliphatic heterocycles. The van der Waals surface area contributed by atoms with E-state index in [0.717, 1.165) is 11.0 Å². The quantitative estimate of drug-likeness (QED) is 0.858. The van der Waals surface area contributed by atoms with E-state index >= 15 is 0 Å². The third-order valence-corrected chi connectivity index (χ3v) is 4.40. The molecule has 1 unspecified atom stereocenters. The highest BCUT2D eigenvalue weighted by Crippen LogP contribution is 2.33. The monoisotopic (exact) mass is 349 g/mol. The fourth-order valence-electron chi connectivity index (χ4n) is 2.85. The van der Waals surface area contributed by atoms with Crippen LogP contribution >= 0.6 is 15.9 Å². The molecule has 0 saturated heterocycles. The van der Waals surface area contributed by atoms with Crippen LogP contribution in [0.3, 0.4) is 0 Å². The topological polar surface area (TPSA) is 29.9 Å². The molecule has 1 N–H and O–H groups in total. The number of hydrogen-bond acceptors (Lipinski definition) is 2. The first-order chi connectivity index (χ1) is 9.97. The van der Waals surface area contributed by atoms with E-state index in [-0.39, 0.29) is 6.04 Å². The second kappa shape index (κ2) is 6.75. The molecule has 1 heterocycles. The number of benzene rings is 1. The van der Waals surface area contributed by atoms with Gasteiger partial charge in [0.25, 0.3) is 0 Å². The second-order valence-electron chi connectivity index (χ2n) is 5.71. The molecule has 1 aromatic heterocycles. The van der Waals surface area contributed by atoms with Gasteiger partial charge < -0.3 is 5.32 Å². The average Bonchev–Trinajstić information content (AvgIpc) is 2.79. The van der Waals surface area contributed by atoms with Gasteiger partial charge in [-0.2, -0.15) is 5.10 Å². The molecular weight excluding hydrogens is 326 g/mol. The van der Waals surface area contributed by atoms with Gasteiger partial charge in [-0.25, -0.2) is 0 Å². The molecule has 114 valence electrons. The summed E-state index contributed by atoms with van der Waals surface area (Å²) in [5.74, 6) is 0. The molecule has 1 atom stereocenters. The lowest BCUT2D eigenvalue weighted by Crippen LogP contribution is -2.27. The van der Waals surface area contributed by atoms with Gasteiger partial charge in [0.05, 0.1) is 22.4 Å². The Morgan fingerprint density at radius 1 is 1.24 bits per heavy atom. The molecule has 2 rings (SSSR count). The molecular formula is C17H24BrN3. The van der Waals surface area contributed by atoms with Crippen molar-refractivity contribution in [3.63, 3.8) is 0 Å². The van der Waals surface area contributed by atoms with Crippen LogP contribution in [0, 0.1) is 13.8 Å². The highest BCUT2D eigenvalue weighted by molar-refractivity contribution is 9.10. The summed E-state index contributed by atoms with van der Waals surface area (Å²) in [6, 6.07) is 6.95. The van der Waals surface area contributed by atoms with E-state index in [1.54, 1.807) is 0 Å². The highest BCUT2D eigenvalue weighted by atomic mass is 79.9. The molecule has 4 heteroatoms. The Hall–Kier alpha value is -1.13. The lowest BCUT2D eigenvalue weighted by molar-refractivity contribution is 0.474. The summed E-state index contributed by atoms with van der Waals surface area (Å²) in [5, 5.41) is 8.16. The Morgan fingerprint density at radius 3 is 2.38 bits per heavy atom. The molecule has 0 radical (unpaired) electrons. The van der Waals surface area contributed by atoms with Crippen molar-refractivity contribution >= 4 is 15.9 Å². The maximum Gasteiger partial charge on any atom is 0.0765 e. The normalized spacial score (nSPS) is 12.9. The van der Waals surface area contributed by atoms with Crippen molar-refractivity contribution in [3.8, 4) is 0 Å². The molecule has 0 spiro atoms. The molecule has 0 fully saturated rings. The third-order valence-electron chi connectivity index (χ3n) is 3.79. The zero-order valence-corrected chi connectivity index (χ0v) is 15.0. The van der Waals surface area contributed by atoms with Gasteiger partial charge in [0.2, 0.25) is 0 Å². The molecule has 0 aliphatic carbocycles. The van der Waals surface area contributed by atoms with Crippen molar-refractivity contribution in [3.05, 3.63) is 51.3 Å². The van der Waals surface area contributed by atoms with Crippen LogP contribution in [0.25, 0.3) is 0 Å². The first-order valence-corrected chi connectivity index (χ1v) is 8.29. The maximum atomic E-state index is 4.53. The fourth-order valence-corrected chi connectivity index (χ4v) is 3.36. The van der Waals surface area contributed by atoms with Gasteiger partial charge in [0.1, 0.15) is 0 Å². The lowest BCUT2D eigenvalue weighted by Gasteiger charge is -2.25. The van der Waals surface area contributed by atoms with E-state index in [0.29, 0.717) is 6.04 Å². The Bertz CT molecular complexity index is 596. The van der Waals surface area contributed by atoms with Crippen molar-refractivity contribution in [1.29, 1.82) is 0 Å². The number of aryl methyl sites for hydroxylation is 2. The molecule has 0 aliphatic rings. The second-order valence-corrected chi connectivity index (χ2v) is 6.57. The average molecular weight is 350 g/mol. The van der Waals surface area contributed by atoms with E-state index in [9.17, 15) is 0 Å². The predicted molar refractivity (Wildman–Crippen MR) is 91.7 cm³/mol. The summed E-state index contributed by atoms with van der Waals surface area (Å²) in [5.41, 5.74) is 5.17. The molecule has 3 nitrogen and oxygen atoms in total. The minimum absolute atomic E-state index is 0.149. The van der Waals surface area contributed by atoms with Crippen molar-refractivity contribution in [2.45, 2.75) is 46.7 Å². The van der Waals surface area contributed by atoms with Crippen LogP contribution in [0.15, 0.2) is 28.9 Å². The van der Waals surface area contributed by atoms with E-state index in [1.165, 1.54) is 22.4 Å². The number of rotatable bonds is 5. The third kappa shape index (κ3) is 3.22. The highest BCUT2D eigenvalue weighted by Gasteiger charge is 2.24. The van der Waals surface area contributed by atoms with Crippen molar-refractivity contribution < 1.29 is 0 Å². The molecule has 0 saturated carbocycles. The molecule has 0 amide bonds. The van der Waals surface area contributed by atoms with Crippen LogP contribution in [0.4, 0.5) is 0 Å². The molecule has 0 bridgehead atoms. The SMILES string of the molecule is CCNC(c1c(C)cccc1C)c1c(Br)cnn1C(C)C. The summed E-state index contributed by atoms with van der Waals surface area (Å²) in [4.78, 5) is 0. The summed E-state index contributed by atoms with van der Waals surface area (Å²) in [6.45, 7) is 11.7. The minimum Gasteiger partial charge on any atom is -0.305 e. The number of hydrogen-bond donors (Lipinski definition) is 1. The van der Waals surface area contributed by atoms with Gasteiger partial charge in [-0.3, -0.25) is 4.68 Å². The minimum atomic E-state index is 0.149. The van der Waals surface area contributed by atoms with E-state index in [4.69, 9.17) is 0 Å². The standard InChI is InChI=1S/C17H24BrN3/c1-6-19-16(15-12(4)8-7-9-13(15)5)17-14(18)10-20-21(17)11(2)3/h7-11,16,19H,6H2,1-5H3. The Labute approximate surface area is 135 Å². The Morgan fingerprint density at radius 2 is 1.86 bits per heavy atom. The Kier molecular flexibility index (Phi) is 5.22. The van der Waals surface area contributed by atoms with E-state index in [1.807, 2.05) is 6.20 Å². The van der Waals surface area contributed by atoms with E-state index < -0.39 is 0 Å². The number of halogens is 1. The summed E-state index contributed by atoms with van der Waals surface area (Å²) in [7, 11) is 0. The number of aromatic nitrogens is 2. The van der Waals surface area contributed by atoms with Crippen LogP contribution in [0.1, 0.15) is 55.2 Å². The van der Waals surface area contributed by atoms with E-state index in [2.05, 4.69) is 83.8 Å². The Balaban J connectivity index is 2.62. The molecule has 1 aromatic carbocycles. The zero-order valence-electron chi connectivity index (χ0n) is 13.4. The van der Waals surface area contributed by atoms with Crippen LogP contribution in [0.2, 0.25) is 0 Å². The number of nitrogens with zero attached hydrogens (tertiary/aromatic N) is 2. The maximum absolute atomic E-state index is 4.53. The van der Waals surface area contributed by atoms with Gasteiger partial charge in [-0.05, 0) is 66.9 Å². The molecule has 21 heavy (non-hydrogen) atoms. The van der Waals surface area contributed by atoms with Crippen molar-refractivity contribution in [2.24, 2.45) is 0 Å². The van der Waals surface area contributed by atoms with Gasteiger partial charge >= 0.3 is 0 Å². The van der Waals surface area contributed by atoms with Gasteiger partial charge in [0, 0.05) is 6.04 Å². The van der Waals surface area contributed by atoms with Gasteiger partial charge in [0.15, 0.2) is 0 Å². The predicted octanol–water partition coefficient (Wildman–Crippen LogP) is 4.54. The zero-order chi connectivity index (χ0) is 15.6. The first-order valence-electron chi connectivity index (χ1n) is 7.49. The van der Waals surface area contributed by atoms with Gasteiger partial charge in [-0.15, -0.1) is 0 Å². The largest absolute Gasteiger partial charge is 0.305 e. The van der Waals surface area contributed by atoms with Crippen molar-refractivity contribution in [1.82, 2.24) is 15.1 Å². The lowest BCUT2D eigenvalue weighted by atomic mass is 9.94. The number of nitrogens with one attached hydrogen (secondary N) is 1. The van der Waals surface area contributed by atoms with Crippen LogP contribution in [0.5, 0.6) is 0 Å². The van der Waals surface area contributed by atoms with Crippen LogP contribution in [-0.4, -0.2) is 16.3 Å². The first kappa shape index (κ1) is 16.2. The summed E-state index contributed by atoms with van der Waals surface area (Å²) in [6.07, 6.45) is 1.90. The van der Waals surface area contributed by atoms with Gasteiger partial charge in [-0.1, -0.05) is 25.1 Å². The van der Waals surface area contributed by atoms with Crippen LogP contribution < -0.4 is 5.32 Å². The fraction of sp³-hybridized carbons (Fsp3) is 0.471. The summed E-state index contributed by atoms with van der Waals surface area (Å²) < 4.78 is 3.16. The molecule has 2 aromatic rings. The summed E-state index contributed by atoms with van der Waals surface area (Å²) >= 11 is 3.68. The smallest absolute Gasteiger partial charge is 0.0765 e.